The van der Waals surface area contributed by atoms with Gasteiger partial charge in [0.15, 0.2) is 0 Å². The van der Waals surface area contributed by atoms with Gasteiger partial charge in [-0.3, -0.25) is 0 Å². The van der Waals surface area contributed by atoms with Gasteiger partial charge in [0, 0.05) is 18.8 Å². The Bertz CT molecular complexity index is 590. The fourth-order valence-electron chi connectivity index (χ4n) is 2.63. The standard InChI is InChI=1S/C15H17F2N3S/c16-15(17)8-6-11(7-9-15)13-19-20-14(21-13)12(18)10-4-2-1-3-5-10/h1-5,11-12H,6-9,18H2. The Morgan fingerprint density at radius 2 is 1.81 bits per heavy atom. The maximum atomic E-state index is 13.2. The molecule has 1 heterocycles. The number of nitrogens with two attached hydrogens (primary N) is 1. The molecule has 1 aliphatic carbocycles. The van der Waals surface area contributed by atoms with Gasteiger partial charge in [-0.2, -0.15) is 0 Å². The van der Waals surface area contributed by atoms with Crippen LogP contribution in [-0.4, -0.2) is 16.1 Å². The molecule has 0 spiro atoms. The van der Waals surface area contributed by atoms with E-state index < -0.39 is 5.92 Å². The second-order valence-corrected chi connectivity index (χ2v) is 6.54. The second-order valence-electron chi connectivity index (χ2n) is 5.50. The normalized spacial score (nSPS) is 20.3. The SMILES string of the molecule is NC(c1ccccc1)c1nnc(C2CCC(F)(F)CC2)s1. The molecule has 1 atom stereocenters. The number of hydrogen-bond acceptors (Lipinski definition) is 4. The zero-order chi connectivity index (χ0) is 14.9. The van der Waals surface area contributed by atoms with Crippen molar-refractivity contribution >= 4 is 11.3 Å². The van der Waals surface area contributed by atoms with Crippen molar-refractivity contribution < 1.29 is 8.78 Å². The first kappa shape index (κ1) is 14.5. The van der Waals surface area contributed by atoms with Gasteiger partial charge in [0.2, 0.25) is 5.92 Å². The van der Waals surface area contributed by atoms with Crippen LogP contribution in [0.2, 0.25) is 0 Å². The highest BCUT2D eigenvalue weighted by Crippen LogP contribution is 2.42. The highest BCUT2D eigenvalue weighted by Gasteiger charge is 2.36. The lowest BCUT2D eigenvalue weighted by Gasteiger charge is -2.26. The Kier molecular flexibility index (Phi) is 3.99. The fraction of sp³-hybridized carbons (Fsp3) is 0.467. The zero-order valence-electron chi connectivity index (χ0n) is 11.5. The van der Waals surface area contributed by atoms with Gasteiger partial charge in [0.25, 0.3) is 0 Å². The molecule has 2 N–H and O–H groups in total. The maximum Gasteiger partial charge on any atom is 0.248 e. The quantitative estimate of drug-likeness (QED) is 0.936. The summed E-state index contributed by atoms with van der Waals surface area (Å²) in [5.74, 6) is -2.41. The molecule has 1 aromatic carbocycles. The highest BCUT2D eigenvalue weighted by atomic mass is 32.1. The molecule has 1 aliphatic rings. The lowest BCUT2D eigenvalue weighted by Crippen LogP contribution is -2.23. The van der Waals surface area contributed by atoms with Crippen LogP contribution in [0.1, 0.15) is 53.2 Å². The molecule has 1 saturated carbocycles. The molecule has 21 heavy (non-hydrogen) atoms. The van der Waals surface area contributed by atoms with Gasteiger partial charge >= 0.3 is 0 Å². The largest absolute Gasteiger partial charge is 0.318 e. The van der Waals surface area contributed by atoms with Crippen LogP contribution in [0.25, 0.3) is 0 Å². The molecule has 3 rings (SSSR count). The average Bonchev–Trinajstić information content (AvgIpc) is 2.97. The van der Waals surface area contributed by atoms with Gasteiger partial charge in [-0.05, 0) is 18.4 Å². The molecular formula is C15H17F2N3S. The van der Waals surface area contributed by atoms with Crippen LogP contribution in [0, 0.1) is 0 Å². The molecule has 1 aromatic heterocycles. The lowest BCUT2D eigenvalue weighted by atomic mass is 9.87. The number of aromatic nitrogens is 2. The fourth-order valence-corrected chi connectivity index (χ4v) is 3.67. The third kappa shape index (κ3) is 3.27. The monoisotopic (exact) mass is 309 g/mol. The molecule has 0 aliphatic heterocycles. The second kappa shape index (κ2) is 5.77. The van der Waals surface area contributed by atoms with E-state index in [0.29, 0.717) is 12.8 Å². The Morgan fingerprint density at radius 3 is 2.48 bits per heavy atom. The van der Waals surface area contributed by atoms with Crippen LogP contribution in [0.4, 0.5) is 8.78 Å². The van der Waals surface area contributed by atoms with Crippen molar-refractivity contribution in [1.82, 2.24) is 10.2 Å². The van der Waals surface area contributed by atoms with Gasteiger partial charge in [-0.25, -0.2) is 8.78 Å². The molecule has 0 radical (unpaired) electrons. The first-order chi connectivity index (χ1) is 10.1. The van der Waals surface area contributed by atoms with E-state index in [1.165, 1.54) is 11.3 Å². The van der Waals surface area contributed by atoms with Crippen LogP contribution in [0.3, 0.4) is 0 Å². The molecule has 6 heteroatoms. The minimum atomic E-state index is -2.51. The summed E-state index contributed by atoms with van der Waals surface area (Å²) in [6.45, 7) is 0. The summed E-state index contributed by atoms with van der Waals surface area (Å²) in [7, 11) is 0. The van der Waals surface area contributed by atoms with Crippen LogP contribution >= 0.6 is 11.3 Å². The van der Waals surface area contributed by atoms with Crippen molar-refractivity contribution in [2.75, 3.05) is 0 Å². The Labute approximate surface area is 126 Å². The zero-order valence-corrected chi connectivity index (χ0v) is 12.3. The number of nitrogens with zero attached hydrogens (tertiary/aromatic N) is 2. The summed E-state index contributed by atoms with van der Waals surface area (Å²) in [5, 5.41) is 9.92. The van der Waals surface area contributed by atoms with Gasteiger partial charge in [-0.15, -0.1) is 10.2 Å². The number of benzene rings is 1. The van der Waals surface area contributed by atoms with Gasteiger partial charge < -0.3 is 5.73 Å². The molecule has 112 valence electrons. The van der Waals surface area contributed by atoms with E-state index in [1.54, 1.807) is 0 Å². The minimum Gasteiger partial charge on any atom is -0.318 e. The van der Waals surface area contributed by atoms with Crippen LogP contribution in [0.5, 0.6) is 0 Å². The molecule has 0 amide bonds. The summed E-state index contributed by atoms with van der Waals surface area (Å²) >= 11 is 1.45. The molecular weight excluding hydrogens is 292 g/mol. The number of hydrogen-bond donors (Lipinski definition) is 1. The predicted octanol–water partition coefficient (Wildman–Crippen LogP) is 3.88. The van der Waals surface area contributed by atoms with Gasteiger partial charge in [-0.1, -0.05) is 41.7 Å². The summed E-state index contributed by atoms with van der Waals surface area (Å²) < 4.78 is 26.4. The molecule has 3 nitrogen and oxygen atoms in total. The first-order valence-electron chi connectivity index (χ1n) is 7.07. The average molecular weight is 309 g/mol. The summed E-state index contributed by atoms with van der Waals surface area (Å²) in [4.78, 5) is 0. The minimum absolute atomic E-state index is 0.0582. The van der Waals surface area contributed by atoms with Crippen molar-refractivity contribution in [1.29, 1.82) is 0 Å². The first-order valence-corrected chi connectivity index (χ1v) is 7.88. The van der Waals surface area contributed by atoms with Crippen molar-refractivity contribution in [3.05, 3.63) is 45.9 Å². The van der Waals surface area contributed by atoms with E-state index in [4.69, 9.17) is 5.73 Å². The third-order valence-electron chi connectivity index (χ3n) is 3.95. The number of halogens is 2. The summed E-state index contributed by atoms with van der Waals surface area (Å²) in [5.41, 5.74) is 7.17. The highest BCUT2D eigenvalue weighted by molar-refractivity contribution is 7.11. The maximum absolute atomic E-state index is 13.2. The van der Waals surface area contributed by atoms with E-state index >= 15 is 0 Å². The van der Waals surface area contributed by atoms with Crippen molar-refractivity contribution in [2.45, 2.75) is 43.6 Å². The Balaban J connectivity index is 1.72. The van der Waals surface area contributed by atoms with Crippen molar-refractivity contribution in [3.63, 3.8) is 0 Å². The third-order valence-corrected chi connectivity index (χ3v) is 5.12. The molecule has 2 aromatic rings. The molecule has 1 fully saturated rings. The summed E-state index contributed by atoms with van der Waals surface area (Å²) in [6.07, 6.45) is 0.832. The Hall–Kier alpha value is -1.40. The number of rotatable bonds is 3. The summed E-state index contributed by atoms with van der Waals surface area (Å²) in [6, 6.07) is 9.40. The van der Waals surface area contributed by atoms with Gasteiger partial charge in [0.1, 0.15) is 10.0 Å². The van der Waals surface area contributed by atoms with Gasteiger partial charge in [0.05, 0.1) is 6.04 Å². The van der Waals surface area contributed by atoms with E-state index in [1.807, 2.05) is 30.3 Å². The van der Waals surface area contributed by atoms with Crippen molar-refractivity contribution in [3.8, 4) is 0 Å². The number of alkyl halides is 2. The molecule has 0 saturated heterocycles. The van der Waals surface area contributed by atoms with E-state index in [0.717, 1.165) is 15.6 Å². The van der Waals surface area contributed by atoms with E-state index in [2.05, 4.69) is 10.2 Å². The van der Waals surface area contributed by atoms with Crippen LogP contribution < -0.4 is 5.73 Å². The van der Waals surface area contributed by atoms with E-state index in [-0.39, 0.29) is 24.8 Å². The van der Waals surface area contributed by atoms with E-state index in [9.17, 15) is 8.78 Å². The van der Waals surface area contributed by atoms with Crippen LogP contribution in [-0.2, 0) is 0 Å². The lowest BCUT2D eigenvalue weighted by molar-refractivity contribution is -0.0382. The molecule has 0 bridgehead atoms. The van der Waals surface area contributed by atoms with Crippen molar-refractivity contribution in [2.24, 2.45) is 5.73 Å². The Morgan fingerprint density at radius 1 is 1.14 bits per heavy atom. The topological polar surface area (TPSA) is 51.8 Å². The smallest absolute Gasteiger partial charge is 0.248 e. The van der Waals surface area contributed by atoms with Crippen LogP contribution in [0.15, 0.2) is 30.3 Å². The predicted molar refractivity (Wildman–Crippen MR) is 78.5 cm³/mol. The molecule has 1 unspecified atom stereocenters.